The van der Waals surface area contributed by atoms with Crippen LogP contribution in [0, 0.1) is 4.77 Å². The lowest BCUT2D eigenvalue weighted by Crippen LogP contribution is -2.34. The molecule has 5 nitrogen and oxygen atoms in total. The number of hydrogen-bond acceptors (Lipinski definition) is 3. The number of H-pyrrole nitrogens is 1. The molecule has 0 aliphatic carbocycles. The molecule has 2 aromatic rings. The molecule has 1 unspecified atom stereocenters. The van der Waals surface area contributed by atoms with E-state index in [2.05, 4.69) is 9.97 Å². The molecule has 2 aromatic heterocycles. The zero-order valence-electron chi connectivity index (χ0n) is 11.1. The Morgan fingerprint density at radius 3 is 2.90 bits per heavy atom. The first-order valence-corrected chi connectivity index (χ1v) is 7.41. The van der Waals surface area contributed by atoms with E-state index < -0.39 is 0 Å². The van der Waals surface area contributed by atoms with E-state index in [1.54, 1.807) is 16.8 Å². The smallest absolute Gasteiger partial charge is 0.245 e. The van der Waals surface area contributed by atoms with Crippen LogP contribution in [0.4, 0.5) is 0 Å². The van der Waals surface area contributed by atoms with Crippen LogP contribution < -0.4 is 0 Å². The van der Waals surface area contributed by atoms with Gasteiger partial charge in [0, 0.05) is 19.3 Å². The lowest BCUT2D eigenvalue weighted by atomic mass is 10.3. The van der Waals surface area contributed by atoms with Crippen LogP contribution in [0.1, 0.15) is 25.8 Å². The summed E-state index contributed by atoms with van der Waals surface area (Å²) in [5.41, 5.74) is 1.42. The summed E-state index contributed by atoms with van der Waals surface area (Å²) in [4.78, 5) is 21.7. The van der Waals surface area contributed by atoms with E-state index in [4.69, 9.17) is 23.8 Å². The van der Waals surface area contributed by atoms with Crippen molar-refractivity contribution in [3.63, 3.8) is 0 Å². The van der Waals surface area contributed by atoms with Gasteiger partial charge in [0.25, 0.3) is 0 Å². The van der Waals surface area contributed by atoms with Crippen LogP contribution in [0.2, 0.25) is 5.02 Å². The molecule has 1 aliphatic heterocycles. The Labute approximate surface area is 126 Å². The summed E-state index contributed by atoms with van der Waals surface area (Å²) in [6.45, 7) is 3.52. The first-order valence-electron chi connectivity index (χ1n) is 6.62. The van der Waals surface area contributed by atoms with Crippen LogP contribution in [-0.4, -0.2) is 38.4 Å². The minimum Gasteiger partial charge on any atom is -0.341 e. The highest BCUT2D eigenvalue weighted by atomic mass is 35.5. The molecular weight excluding hydrogens is 296 g/mol. The molecule has 20 heavy (non-hydrogen) atoms. The highest BCUT2D eigenvalue weighted by Gasteiger charge is 2.26. The Morgan fingerprint density at radius 1 is 1.50 bits per heavy atom. The number of rotatable bonds is 2. The number of halogens is 1. The molecule has 1 atom stereocenters. The average Bonchev–Trinajstić information content (AvgIpc) is 3.03. The van der Waals surface area contributed by atoms with Crippen LogP contribution in [-0.2, 0) is 4.79 Å². The average molecular weight is 311 g/mol. The third kappa shape index (κ3) is 2.23. The first-order chi connectivity index (χ1) is 9.58. The number of nitrogens with zero attached hydrogens (tertiary/aromatic N) is 3. The van der Waals surface area contributed by atoms with Gasteiger partial charge in [0.1, 0.15) is 6.04 Å². The van der Waals surface area contributed by atoms with Crippen molar-refractivity contribution in [2.45, 2.75) is 25.8 Å². The standard InChI is InChI=1S/C13H15ClN4OS/c1-8(12(19)17-4-2-3-5-17)18-11-10(16-13(18)20)6-9(14)7-15-11/h6-8H,2-5H2,1H3,(H,16,20). The summed E-state index contributed by atoms with van der Waals surface area (Å²) >= 11 is 11.2. The van der Waals surface area contributed by atoms with Gasteiger partial charge in [-0.1, -0.05) is 11.6 Å². The van der Waals surface area contributed by atoms with Gasteiger partial charge in [0.05, 0.1) is 10.5 Å². The lowest BCUT2D eigenvalue weighted by Gasteiger charge is -2.21. The first kappa shape index (κ1) is 13.6. The molecule has 0 aromatic carbocycles. The van der Waals surface area contributed by atoms with Crippen LogP contribution in [0.25, 0.3) is 11.2 Å². The van der Waals surface area contributed by atoms with Crippen molar-refractivity contribution in [2.75, 3.05) is 13.1 Å². The molecule has 1 N–H and O–H groups in total. The van der Waals surface area contributed by atoms with E-state index >= 15 is 0 Å². The Bertz CT molecular complexity index is 717. The minimum atomic E-state index is -0.358. The fourth-order valence-electron chi connectivity index (χ4n) is 2.66. The molecule has 1 fully saturated rings. The van der Waals surface area contributed by atoms with Gasteiger partial charge >= 0.3 is 0 Å². The maximum absolute atomic E-state index is 12.5. The topological polar surface area (TPSA) is 53.9 Å². The molecule has 7 heteroatoms. The van der Waals surface area contributed by atoms with E-state index in [1.807, 2.05) is 11.8 Å². The highest BCUT2D eigenvalue weighted by Crippen LogP contribution is 2.22. The van der Waals surface area contributed by atoms with Crippen molar-refractivity contribution < 1.29 is 4.79 Å². The Hall–Kier alpha value is -1.40. The predicted molar refractivity (Wildman–Crippen MR) is 80.5 cm³/mol. The fraction of sp³-hybridized carbons (Fsp3) is 0.462. The predicted octanol–water partition coefficient (Wildman–Crippen LogP) is 2.93. The maximum Gasteiger partial charge on any atom is 0.245 e. The summed E-state index contributed by atoms with van der Waals surface area (Å²) < 4.78 is 2.26. The minimum absolute atomic E-state index is 0.0938. The molecule has 1 saturated heterocycles. The Morgan fingerprint density at radius 2 is 2.20 bits per heavy atom. The van der Waals surface area contributed by atoms with Gasteiger partial charge in [0.15, 0.2) is 10.4 Å². The highest BCUT2D eigenvalue weighted by molar-refractivity contribution is 7.71. The van der Waals surface area contributed by atoms with Gasteiger partial charge in [-0.25, -0.2) is 4.98 Å². The number of pyridine rings is 1. The number of nitrogens with one attached hydrogen (secondary N) is 1. The van der Waals surface area contributed by atoms with Gasteiger partial charge in [-0.15, -0.1) is 0 Å². The normalized spacial score (nSPS) is 16.8. The number of carbonyl (C=O) groups is 1. The van der Waals surface area contributed by atoms with Crippen molar-refractivity contribution in [1.82, 2.24) is 19.4 Å². The number of hydrogen-bond donors (Lipinski definition) is 1. The van der Waals surface area contributed by atoms with Crippen molar-refractivity contribution in [2.24, 2.45) is 0 Å². The summed E-state index contributed by atoms with van der Waals surface area (Å²) in [7, 11) is 0. The quantitative estimate of drug-likeness (QED) is 0.868. The van der Waals surface area contributed by atoms with Crippen molar-refractivity contribution in [3.05, 3.63) is 22.1 Å². The molecule has 1 amide bonds. The molecule has 1 aliphatic rings. The van der Waals surface area contributed by atoms with E-state index in [-0.39, 0.29) is 11.9 Å². The molecule has 3 heterocycles. The fourth-order valence-corrected chi connectivity index (χ4v) is 3.17. The molecule has 0 radical (unpaired) electrons. The Balaban J connectivity index is 2.02. The molecular formula is C13H15ClN4OS. The van der Waals surface area contributed by atoms with E-state index in [0.717, 1.165) is 31.4 Å². The van der Waals surface area contributed by atoms with Crippen molar-refractivity contribution in [1.29, 1.82) is 0 Å². The van der Waals surface area contributed by atoms with Crippen molar-refractivity contribution in [3.8, 4) is 0 Å². The second-order valence-electron chi connectivity index (χ2n) is 5.03. The number of carbonyl (C=O) groups excluding carboxylic acids is 1. The number of fused-ring (bicyclic) bond motifs is 1. The maximum atomic E-state index is 12.5. The monoisotopic (exact) mass is 310 g/mol. The number of aromatic amines is 1. The van der Waals surface area contributed by atoms with Crippen LogP contribution in [0.5, 0.6) is 0 Å². The second kappa shape index (κ2) is 5.18. The van der Waals surface area contributed by atoms with E-state index in [1.165, 1.54) is 0 Å². The van der Waals surface area contributed by atoms with Gasteiger partial charge < -0.3 is 9.88 Å². The largest absolute Gasteiger partial charge is 0.341 e. The second-order valence-corrected chi connectivity index (χ2v) is 5.86. The van der Waals surface area contributed by atoms with Gasteiger partial charge in [0.2, 0.25) is 5.91 Å². The number of imidazole rings is 1. The molecule has 0 saturated carbocycles. The van der Waals surface area contributed by atoms with Gasteiger partial charge in [-0.3, -0.25) is 9.36 Å². The van der Waals surface area contributed by atoms with Crippen LogP contribution >= 0.6 is 23.8 Å². The van der Waals surface area contributed by atoms with Crippen LogP contribution in [0.15, 0.2) is 12.3 Å². The molecule has 0 bridgehead atoms. The zero-order chi connectivity index (χ0) is 14.3. The van der Waals surface area contributed by atoms with Gasteiger partial charge in [-0.05, 0) is 38.0 Å². The number of aromatic nitrogens is 3. The zero-order valence-corrected chi connectivity index (χ0v) is 12.7. The summed E-state index contributed by atoms with van der Waals surface area (Å²) in [5, 5.41) is 0.541. The van der Waals surface area contributed by atoms with Crippen LogP contribution in [0.3, 0.4) is 0 Å². The molecule has 106 valence electrons. The lowest BCUT2D eigenvalue weighted by molar-refractivity contribution is -0.133. The molecule has 3 rings (SSSR count). The van der Waals surface area contributed by atoms with E-state index in [0.29, 0.717) is 15.4 Å². The third-order valence-electron chi connectivity index (χ3n) is 3.68. The summed E-state index contributed by atoms with van der Waals surface area (Å²) in [6.07, 6.45) is 3.72. The van der Waals surface area contributed by atoms with Crippen molar-refractivity contribution >= 4 is 40.9 Å². The van der Waals surface area contributed by atoms with Gasteiger partial charge in [-0.2, -0.15) is 0 Å². The number of likely N-dealkylation sites (tertiary alicyclic amines) is 1. The van der Waals surface area contributed by atoms with E-state index in [9.17, 15) is 4.79 Å². The number of amides is 1. The summed E-state index contributed by atoms with van der Waals surface area (Å²) in [5.74, 6) is 0.0938. The SMILES string of the molecule is CC(C(=O)N1CCCC1)n1c(=S)[nH]c2cc(Cl)cnc21. The summed E-state index contributed by atoms with van der Waals surface area (Å²) in [6, 6.07) is 1.41. The third-order valence-corrected chi connectivity index (χ3v) is 4.19. The molecule has 0 spiro atoms. The Kier molecular flexibility index (Phi) is 3.52.